The molecule has 6 nitrogen and oxygen atoms in total. The van der Waals surface area contributed by atoms with Crippen LogP contribution in [0.3, 0.4) is 0 Å². The zero-order chi connectivity index (χ0) is 21.6. The van der Waals surface area contributed by atoms with Gasteiger partial charge in [-0.25, -0.2) is 0 Å². The molecule has 2 heterocycles. The normalized spacial score (nSPS) is 20.5. The molecule has 1 atom stereocenters. The lowest BCUT2D eigenvalue weighted by molar-refractivity contribution is 0.0660. The minimum Gasteiger partial charge on any atom is -0.501 e. The molecule has 1 aliphatic carbocycles. The lowest BCUT2D eigenvalue weighted by Crippen LogP contribution is -2.47. The number of aromatic hydroxyl groups is 1. The molecule has 160 valence electrons. The quantitative estimate of drug-likeness (QED) is 0.754. The molecule has 1 aromatic carbocycles. The fraction of sp³-hybridized carbons (Fsp3) is 0.522. The van der Waals surface area contributed by atoms with E-state index in [4.69, 9.17) is 11.6 Å². The summed E-state index contributed by atoms with van der Waals surface area (Å²) >= 11 is 6.13. The van der Waals surface area contributed by atoms with Crippen molar-refractivity contribution >= 4 is 17.5 Å². The topological polar surface area (TPSA) is 75.4 Å². The number of benzene rings is 1. The highest BCUT2D eigenvalue weighted by Gasteiger charge is 2.40. The van der Waals surface area contributed by atoms with Crippen LogP contribution in [0.25, 0.3) is 0 Å². The van der Waals surface area contributed by atoms with Gasteiger partial charge in [0.15, 0.2) is 5.69 Å². The summed E-state index contributed by atoms with van der Waals surface area (Å²) < 4.78 is 1.77. The van der Waals surface area contributed by atoms with Gasteiger partial charge in [-0.3, -0.25) is 9.59 Å². The highest BCUT2D eigenvalue weighted by atomic mass is 35.5. The van der Waals surface area contributed by atoms with Crippen LogP contribution in [0, 0.1) is 6.92 Å². The first-order chi connectivity index (χ1) is 14.3. The van der Waals surface area contributed by atoms with Crippen LogP contribution < -0.4 is 5.56 Å². The molecule has 0 radical (unpaired) electrons. The van der Waals surface area contributed by atoms with Gasteiger partial charge in [-0.1, -0.05) is 36.6 Å². The number of halogens is 1. The molecule has 0 saturated heterocycles. The SMILES string of the molecule is Cc1cc(CCl)cc(C2(Cc3nc(=O)c(O)c4n3C[C@H](C)N(C)C4=O)CCCC2)c1. The van der Waals surface area contributed by atoms with Crippen LogP contribution in [-0.4, -0.2) is 38.6 Å². The zero-order valence-electron chi connectivity index (χ0n) is 17.7. The van der Waals surface area contributed by atoms with Gasteiger partial charge in [0, 0.05) is 37.4 Å². The number of fused-ring (bicyclic) bond motifs is 1. The lowest BCUT2D eigenvalue weighted by atomic mass is 9.75. The molecule has 0 unspecified atom stereocenters. The van der Waals surface area contributed by atoms with Crippen LogP contribution in [0.4, 0.5) is 0 Å². The number of aryl methyl sites for hydroxylation is 1. The van der Waals surface area contributed by atoms with Crippen LogP contribution in [-0.2, 0) is 24.3 Å². The number of alkyl halides is 1. The van der Waals surface area contributed by atoms with Crippen molar-refractivity contribution in [3.05, 3.63) is 56.8 Å². The van der Waals surface area contributed by atoms with Crippen molar-refractivity contribution in [1.82, 2.24) is 14.5 Å². The molecule has 1 N–H and O–H groups in total. The maximum absolute atomic E-state index is 12.8. The number of hydrogen-bond acceptors (Lipinski definition) is 4. The Kier molecular flexibility index (Phi) is 5.39. The van der Waals surface area contributed by atoms with Gasteiger partial charge in [-0.05, 0) is 37.8 Å². The third kappa shape index (κ3) is 3.41. The first kappa shape index (κ1) is 20.9. The van der Waals surface area contributed by atoms with Gasteiger partial charge >= 0.3 is 5.56 Å². The molecule has 2 aliphatic rings. The Morgan fingerprint density at radius 1 is 1.23 bits per heavy atom. The van der Waals surface area contributed by atoms with E-state index in [-0.39, 0.29) is 23.1 Å². The van der Waals surface area contributed by atoms with Gasteiger partial charge in [0.05, 0.1) is 0 Å². The molecule has 0 spiro atoms. The summed E-state index contributed by atoms with van der Waals surface area (Å²) in [5.41, 5.74) is 2.65. The van der Waals surface area contributed by atoms with Gasteiger partial charge in [0.25, 0.3) is 5.91 Å². The summed E-state index contributed by atoms with van der Waals surface area (Å²) in [5.74, 6) is 0.141. The predicted molar refractivity (Wildman–Crippen MR) is 116 cm³/mol. The third-order valence-corrected chi connectivity index (χ3v) is 7.14. The van der Waals surface area contributed by atoms with E-state index in [1.807, 2.05) is 6.92 Å². The Morgan fingerprint density at radius 2 is 1.93 bits per heavy atom. The van der Waals surface area contributed by atoms with Crippen LogP contribution in [0.2, 0.25) is 0 Å². The summed E-state index contributed by atoms with van der Waals surface area (Å²) in [5, 5.41) is 10.3. The second kappa shape index (κ2) is 7.73. The van der Waals surface area contributed by atoms with E-state index in [9.17, 15) is 14.7 Å². The first-order valence-electron chi connectivity index (χ1n) is 10.5. The second-order valence-corrected chi connectivity index (χ2v) is 9.18. The monoisotopic (exact) mass is 429 g/mol. The fourth-order valence-corrected chi connectivity index (χ4v) is 5.21. The fourth-order valence-electron chi connectivity index (χ4n) is 5.06. The third-order valence-electron chi connectivity index (χ3n) is 6.83. The maximum atomic E-state index is 12.8. The van der Waals surface area contributed by atoms with Gasteiger partial charge in [0.1, 0.15) is 5.82 Å². The van der Waals surface area contributed by atoms with Gasteiger partial charge in [-0.15, -0.1) is 11.6 Å². The molecule has 1 aromatic heterocycles. The van der Waals surface area contributed by atoms with Crippen LogP contribution in [0.5, 0.6) is 5.75 Å². The largest absolute Gasteiger partial charge is 0.501 e. The van der Waals surface area contributed by atoms with E-state index in [1.54, 1.807) is 16.5 Å². The van der Waals surface area contributed by atoms with Crippen molar-refractivity contribution in [2.24, 2.45) is 0 Å². The zero-order valence-corrected chi connectivity index (χ0v) is 18.5. The van der Waals surface area contributed by atoms with E-state index < -0.39 is 11.3 Å². The summed E-state index contributed by atoms with van der Waals surface area (Å²) in [4.78, 5) is 31.1. The molecule has 7 heteroatoms. The van der Waals surface area contributed by atoms with Gasteiger partial charge < -0.3 is 14.6 Å². The van der Waals surface area contributed by atoms with Gasteiger partial charge in [-0.2, -0.15) is 4.98 Å². The molecular weight excluding hydrogens is 402 g/mol. The lowest BCUT2D eigenvalue weighted by Gasteiger charge is -2.36. The summed E-state index contributed by atoms with van der Waals surface area (Å²) in [7, 11) is 1.69. The molecule has 1 saturated carbocycles. The molecule has 1 fully saturated rings. The summed E-state index contributed by atoms with van der Waals surface area (Å²) in [6, 6.07) is 6.43. The van der Waals surface area contributed by atoms with Crippen molar-refractivity contribution in [3.8, 4) is 5.75 Å². The number of carbonyl (C=O) groups excluding carboxylic acids is 1. The number of aromatic nitrogens is 2. The molecule has 1 amide bonds. The van der Waals surface area contributed by atoms with Crippen molar-refractivity contribution in [1.29, 1.82) is 0 Å². The Morgan fingerprint density at radius 3 is 2.60 bits per heavy atom. The van der Waals surface area contributed by atoms with Gasteiger partial charge in [0.2, 0.25) is 5.75 Å². The molecule has 4 rings (SSSR count). The number of carbonyl (C=O) groups is 1. The number of rotatable bonds is 4. The molecule has 0 bridgehead atoms. The molecule has 1 aliphatic heterocycles. The summed E-state index contributed by atoms with van der Waals surface area (Å²) in [6.45, 7) is 4.53. The minimum absolute atomic E-state index is 0.0474. The smallest absolute Gasteiger partial charge is 0.315 e. The van der Waals surface area contributed by atoms with Crippen molar-refractivity contribution in [2.75, 3.05) is 7.05 Å². The number of hydrogen-bond donors (Lipinski definition) is 1. The van der Waals surface area contributed by atoms with Crippen molar-refractivity contribution in [3.63, 3.8) is 0 Å². The second-order valence-electron chi connectivity index (χ2n) is 8.91. The van der Waals surface area contributed by atoms with E-state index in [1.165, 1.54) is 5.56 Å². The molecule has 30 heavy (non-hydrogen) atoms. The highest BCUT2D eigenvalue weighted by molar-refractivity contribution is 6.17. The Balaban J connectivity index is 1.85. The van der Waals surface area contributed by atoms with Crippen LogP contribution >= 0.6 is 11.6 Å². The molecular formula is C23H28ClN3O3. The average molecular weight is 430 g/mol. The number of likely N-dealkylation sites (N-methyl/N-ethyl adjacent to an activating group) is 1. The van der Waals surface area contributed by atoms with E-state index in [2.05, 4.69) is 30.1 Å². The number of amides is 1. The standard InChI is InChI=1S/C23H28ClN3O3/c1-14-8-16(12-24)10-17(9-14)23(6-4-5-7-23)11-18-25-21(29)20(28)19-22(30)26(3)15(2)13-27(18)19/h8-10,15,28H,4-7,11-13H2,1-3H3/t15-/m0/s1. The number of nitrogens with zero attached hydrogens (tertiary/aromatic N) is 3. The van der Waals surface area contributed by atoms with E-state index >= 15 is 0 Å². The van der Waals surface area contributed by atoms with Crippen molar-refractivity contribution < 1.29 is 9.90 Å². The Hall–Kier alpha value is -2.34. The van der Waals surface area contributed by atoms with Crippen molar-refractivity contribution in [2.45, 2.75) is 69.8 Å². The predicted octanol–water partition coefficient (Wildman–Crippen LogP) is 3.52. The minimum atomic E-state index is -0.730. The van der Waals surface area contributed by atoms with E-state index in [0.717, 1.165) is 36.8 Å². The molecule has 2 aromatic rings. The average Bonchev–Trinajstić information content (AvgIpc) is 3.19. The van der Waals surface area contributed by atoms with Crippen LogP contribution in [0.15, 0.2) is 23.0 Å². The van der Waals surface area contributed by atoms with Crippen LogP contribution in [0.1, 0.15) is 65.6 Å². The Bertz CT molecular complexity index is 1060. The van der Waals surface area contributed by atoms with E-state index in [0.29, 0.717) is 24.7 Å². The highest BCUT2D eigenvalue weighted by Crippen LogP contribution is 2.44. The maximum Gasteiger partial charge on any atom is 0.315 e. The Labute approximate surface area is 181 Å². The summed E-state index contributed by atoms with van der Waals surface area (Å²) in [6.07, 6.45) is 4.76. The first-order valence-corrected chi connectivity index (χ1v) is 11.1.